The lowest BCUT2D eigenvalue weighted by Crippen LogP contribution is -2.34. The van der Waals surface area contributed by atoms with Gasteiger partial charge in [0.2, 0.25) is 4.96 Å². The Hall–Kier alpha value is -2.54. The van der Waals surface area contributed by atoms with E-state index in [2.05, 4.69) is 10.1 Å². The van der Waals surface area contributed by atoms with Gasteiger partial charge in [0.05, 0.1) is 5.41 Å². The fraction of sp³-hybridized carbons (Fsp3) is 0.368. The van der Waals surface area contributed by atoms with E-state index in [4.69, 9.17) is 4.74 Å². The van der Waals surface area contributed by atoms with E-state index in [-0.39, 0.29) is 18.1 Å². The average Bonchev–Trinajstić information content (AvgIpc) is 3.28. The maximum absolute atomic E-state index is 12.9. The summed E-state index contributed by atoms with van der Waals surface area (Å²) in [6, 6.07) is 11.3. The predicted octanol–water partition coefficient (Wildman–Crippen LogP) is 3.01. The van der Waals surface area contributed by atoms with E-state index >= 15 is 0 Å². The van der Waals surface area contributed by atoms with Crippen LogP contribution in [-0.4, -0.2) is 20.6 Å². The number of benzene rings is 1. The zero-order chi connectivity index (χ0) is 18.1. The second-order valence-corrected chi connectivity index (χ2v) is 7.70. The van der Waals surface area contributed by atoms with E-state index in [0.29, 0.717) is 15.7 Å². The Morgan fingerprint density at radius 2 is 2.00 bits per heavy atom. The lowest BCUT2D eigenvalue weighted by molar-refractivity contribution is -0.152. The van der Waals surface area contributed by atoms with Crippen molar-refractivity contribution in [1.82, 2.24) is 14.6 Å². The number of rotatable bonds is 4. The van der Waals surface area contributed by atoms with Crippen molar-refractivity contribution in [3.63, 3.8) is 0 Å². The summed E-state index contributed by atoms with van der Waals surface area (Å²) >= 11 is 1.27. The highest BCUT2D eigenvalue weighted by atomic mass is 32.1. The van der Waals surface area contributed by atoms with Crippen LogP contribution in [0.5, 0.6) is 0 Å². The molecule has 4 rings (SSSR count). The molecule has 1 fully saturated rings. The van der Waals surface area contributed by atoms with Gasteiger partial charge in [-0.2, -0.15) is 9.61 Å². The first-order valence-corrected chi connectivity index (χ1v) is 9.49. The summed E-state index contributed by atoms with van der Waals surface area (Å²) in [7, 11) is 0. The highest BCUT2D eigenvalue weighted by Gasteiger charge is 2.44. The molecular formula is C19H19N3O3S. The largest absolute Gasteiger partial charge is 0.458 e. The molecule has 1 aliphatic rings. The number of hydrogen-bond acceptors (Lipinski definition) is 6. The van der Waals surface area contributed by atoms with Crippen LogP contribution < -0.4 is 5.56 Å². The fourth-order valence-corrected chi connectivity index (χ4v) is 4.49. The summed E-state index contributed by atoms with van der Waals surface area (Å²) in [6.45, 7) is 1.82. The minimum absolute atomic E-state index is 0.0555. The molecule has 0 radical (unpaired) electrons. The summed E-state index contributed by atoms with van der Waals surface area (Å²) < 4.78 is 6.89. The molecule has 0 saturated heterocycles. The van der Waals surface area contributed by atoms with Crippen LogP contribution in [0.2, 0.25) is 0 Å². The first kappa shape index (κ1) is 16.9. The van der Waals surface area contributed by atoms with Gasteiger partial charge >= 0.3 is 5.97 Å². The number of fused-ring (bicyclic) bond motifs is 1. The molecule has 2 aromatic heterocycles. The number of carbonyl (C=O) groups is 1. The van der Waals surface area contributed by atoms with Crippen molar-refractivity contribution in [1.29, 1.82) is 0 Å². The zero-order valence-corrected chi connectivity index (χ0v) is 15.3. The Morgan fingerprint density at radius 1 is 1.27 bits per heavy atom. The molecule has 0 unspecified atom stereocenters. The minimum Gasteiger partial charge on any atom is -0.458 e. The lowest BCUT2D eigenvalue weighted by atomic mass is 9.79. The Kier molecular flexibility index (Phi) is 4.32. The van der Waals surface area contributed by atoms with Gasteiger partial charge in [0.15, 0.2) is 5.01 Å². The van der Waals surface area contributed by atoms with Gasteiger partial charge in [0, 0.05) is 11.8 Å². The molecule has 0 atom stereocenters. The molecule has 0 spiro atoms. The van der Waals surface area contributed by atoms with Crippen LogP contribution in [0.15, 0.2) is 41.2 Å². The van der Waals surface area contributed by atoms with Gasteiger partial charge in [0.1, 0.15) is 6.61 Å². The smallest absolute Gasteiger partial charge is 0.316 e. The molecule has 1 aliphatic carbocycles. The lowest BCUT2D eigenvalue weighted by Gasteiger charge is -2.26. The van der Waals surface area contributed by atoms with Gasteiger partial charge in [-0.15, -0.1) is 0 Å². The molecule has 134 valence electrons. The van der Waals surface area contributed by atoms with Crippen LogP contribution in [0.3, 0.4) is 0 Å². The van der Waals surface area contributed by atoms with Crippen LogP contribution >= 0.6 is 11.3 Å². The van der Waals surface area contributed by atoms with Gasteiger partial charge < -0.3 is 4.74 Å². The van der Waals surface area contributed by atoms with E-state index in [1.165, 1.54) is 21.9 Å². The van der Waals surface area contributed by atoms with E-state index in [9.17, 15) is 9.59 Å². The SMILES string of the molecule is Cc1cc(=O)n2nc(COC(=O)C3(c4ccccc4)CCCC3)sc2n1. The van der Waals surface area contributed by atoms with Crippen LogP contribution in [0.4, 0.5) is 0 Å². The number of ether oxygens (including phenoxy) is 1. The third-order valence-corrected chi connectivity index (χ3v) is 5.80. The predicted molar refractivity (Wildman–Crippen MR) is 98.3 cm³/mol. The van der Waals surface area contributed by atoms with E-state index in [0.717, 1.165) is 31.2 Å². The Labute approximate surface area is 154 Å². The van der Waals surface area contributed by atoms with Gasteiger partial charge in [-0.25, -0.2) is 4.98 Å². The van der Waals surface area contributed by atoms with Gasteiger partial charge in [-0.3, -0.25) is 9.59 Å². The molecule has 0 N–H and O–H groups in total. The molecule has 3 aromatic rings. The number of nitrogens with zero attached hydrogens (tertiary/aromatic N) is 3. The van der Waals surface area contributed by atoms with Crippen molar-refractivity contribution >= 4 is 22.3 Å². The molecule has 7 heteroatoms. The maximum atomic E-state index is 12.9. The summed E-state index contributed by atoms with van der Waals surface area (Å²) in [5, 5.41) is 4.79. The topological polar surface area (TPSA) is 73.6 Å². The monoisotopic (exact) mass is 369 g/mol. The Bertz CT molecular complexity index is 1000. The molecule has 0 aliphatic heterocycles. The van der Waals surface area contributed by atoms with Gasteiger partial charge in [-0.05, 0) is 25.3 Å². The second-order valence-electron chi connectivity index (χ2n) is 6.66. The summed E-state index contributed by atoms with van der Waals surface area (Å²) in [5.74, 6) is -0.211. The summed E-state index contributed by atoms with van der Waals surface area (Å²) in [4.78, 5) is 29.7. The Balaban J connectivity index is 1.56. The fourth-order valence-electron chi connectivity index (χ4n) is 3.63. The van der Waals surface area contributed by atoms with Gasteiger partial charge in [-0.1, -0.05) is 54.5 Å². The molecule has 6 nitrogen and oxygen atoms in total. The van der Waals surface area contributed by atoms with Crippen LogP contribution in [0.25, 0.3) is 4.96 Å². The van der Waals surface area contributed by atoms with E-state index < -0.39 is 5.41 Å². The van der Waals surface area contributed by atoms with Gasteiger partial charge in [0.25, 0.3) is 5.56 Å². The first-order chi connectivity index (χ1) is 12.6. The average molecular weight is 369 g/mol. The van der Waals surface area contributed by atoms with Crippen molar-refractivity contribution in [3.8, 4) is 0 Å². The Morgan fingerprint density at radius 3 is 2.73 bits per heavy atom. The molecular weight excluding hydrogens is 350 g/mol. The number of hydrogen-bond donors (Lipinski definition) is 0. The van der Waals surface area contributed by atoms with Crippen molar-refractivity contribution in [3.05, 3.63) is 63.0 Å². The molecule has 26 heavy (non-hydrogen) atoms. The number of esters is 1. The van der Waals surface area contributed by atoms with E-state index in [1.54, 1.807) is 6.92 Å². The second kappa shape index (κ2) is 6.64. The molecule has 2 heterocycles. The van der Waals surface area contributed by atoms with Crippen molar-refractivity contribution in [2.45, 2.75) is 44.6 Å². The quantitative estimate of drug-likeness (QED) is 0.661. The third-order valence-electron chi connectivity index (χ3n) is 4.92. The van der Waals surface area contributed by atoms with Crippen LogP contribution in [-0.2, 0) is 21.6 Å². The van der Waals surface area contributed by atoms with Crippen molar-refractivity contribution in [2.75, 3.05) is 0 Å². The summed E-state index contributed by atoms with van der Waals surface area (Å²) in [5.41, 5.74) is 0.873. The summed E-state index contributed by atoms with van der Waals surface area (Å²) in [6.07, 6.45) is 3.64. The standard InChI is InChI=1S/C19H19N3O3S/c1-13-11-16(23)22-18(20-13)26-15(21-22)12-25-17(24)19(9-5-6-10-19)14-7-3-2-4-8-14/h2-4,7-8,11H,5-6,9-10,12H2,1H3. The number of aryl methyl sites for hydroxylation is 1. The molecule has 0 amide bonds. The number of aromatic nitrogens is 3. The molecule has 1 saturated carbocycles. The number of carbonyl (C=O) groups excluding carboxylic acids is 1. The van der Waals surface area contributed by atoms with Crippen molar-refractivity contribution < 1.29 is 9.53 Å². The molecule has 1 aromatic carbocycles. The van der Waals surface area contributed by atoms with E-state index in [1.807, 2.05) is 30.3 Å². The highest BCUT2D eigenvalue weighted by Crippen LogP contribution is 2.42. The van der Waals surface area contributed by atoms with Crippen LogP contribution in [0.1, 0.15) is 41.9 Å². The zero-order valence-electron chi connectivity index (χ0n) is 14.5. The van der Waals surface area contributed by atoms with Crippen molar-refractivity contribution in [2.24, 2.45) is 0 Å². The first-order valence-electron chi connectivity index (χ1n) is 8.68. The van der Waals surface area contributed by atoms with Crippen LogP contribution in [0, 0.1) is 6.92 Å². The molecule has 0 bridgehead atoms. The highest BCUT2D eigenvalue weighted by molar-refractivity contribution is 7.16. The maximum Gasteiger partial charge on any atom is 0.316 e. The minimum atomic E-state index is -0.566. The third kappa shape index (κ3) is 2.92. The normalized spacial score (nSPS) is 16.0.